The zero-order valence-electron chi connectivity index (χ0n) is 17.2. The van der Waals surface area contributed by atoms with Crippen LogP contribution in [0.4, 0.5) is 8.78 Å². The lowest BCUT2D eigenvalue weighted by molar-refractivity contribution is -0.137. The first kappa shape index (κ1) is 22.3. The van der Waals surface area contributed by atoms with Crippen molar-refractivity contribution in [3.05, 3.63) is 65.2 Å². The summed E-state index contributed by atoms with van der Waals surface area (Å²) in [6, 6.07) is 8.70. The second-order valence-corrected chi connectivity index (χ2v) is 10.1. The minimum Gasteiger partial charge on any atom is -0.349 e. The van der Waals surface area contributed by atoms with Crippen LogP contribution in [0.15, 0.2) is 47.4 Å². The maximum Gasteiger partial charge on any atom is 0.254 e. The normalized spacial score (nSPS) is 17.9. The van der Waals surface area contributed by atoms with Crippen LogP contribution in [0.1, 0.15) is 35.2 Å². The highest BCUT2D eigenvalue weighted by molar-refractivity contribution is 7.89. The number of primary sulfonamides is 1. The third kappa shape index (κ3) is 4.51. The molecule has 0 radical (unpaired) electrons. The molecular weight excluding hydrogens is 440 g/mol. The van der Waals surface area contributed by atoms with Gasteiger partial charge >= 0.3 is 0 Å². The third-order valence-corrected chi connectivity index (χ3v) is 7.07. The molecular formula is C22H23F2N3O4S. The number of amides is 2. The van der Waals surface area contributed by atoms with Crippen molar-refractivity contribution in [2.75, 3.05) is 13.1 Å². The summed E-state index contributed by atoms with van der Waals surface area (Å²) in [7, 11) is -4.16. The van der Waals surface area contributed by atoms with Crippen LogP contribution in [0.3, 0.4) is 0 Å². The molecule has 1 aliphatic heterocycles. The number of carbonyl (C=O) groups excluding carboxylic acids is 2. The van der Waals surface area contributed by atoms with E-state index in [1.165, 1.54) is 17.0 Å². The Morgan fingerprint density at radius 3 is 2.41 bits per heavy atom. The Labute approximate surface area is 184 Å². The van der Waals surface area contributed by atoms with Crippen molar-refractivity contribution in [1.82, 2.24) is 10.2 Å². The van der Waals surface area contributed by atoms with Gasteiger partial charge in [-0.15, -0.1) is 0 Å². The van der Waals surface area contributed by atoms with Crippen LogP contribution in [-0.2, 0) is 21.2 Å². The van der Waals surface area contributed by atoms with Gasteiger partial charge < -0.3 is 10.2 Å². The molecule has 1 heterocycles. The summed E-state index contributed by atoms with van der Waals surface area (Å²) in [6.07, 6.45) is 2.80. The first-order chi connectivity index (χ1) is 15.1. The van der Waals surface area contributed by atoms with E-state index in [2.05, 4.69) is 5.32 Å². The third-order valence-electron chi connectivity index (χ3n) is 6.17. The Balaban J connectivity index is 1.37. The number of carbonyl (C=O) groups is 2. The minimum atomic E-state index is -4.16. The van der Waals surface area contributed by atoms with E-state index < -0.39 is 32.1 Å². The highest BCUT2D eigenvalue weighted by Gasteiger charge is 2.46. The summed E-state index contributed by atoms with van der Waals surface area (Å²) >= 11 is 0. The number of rotatable bonds is 6. The maximum atomic E-state index is 13.8. The molecule has 2 aromatic rings. The lowest BCUT2D eigenvalue weighted by atomic mass is 9.64. The monoisotopic (exact) mass is 463 g/mol. The van der Waals surface area contributed by atoms with Crippen molar-refractivity contribution >= 4 is 21.8 Å². The van der Waals surface area contributed by atoms with Crippen LogP contribution in [0.2, 0.25) is 0 Å². The standard InChI is InChI=1S/C22H23F2N3O4S/c23-16-4-1-3-14(7-16)11-22(5-2-6-22)21(29)26-18-12-27(13-18)20(28)15-8-17(24)10-19(9-15)32(25,30)31/h1,3-4,7-10,18H,2,5-6,11-13H2,(H,26,29)(H2,25,30,31). The van der Waals surface area contributed by atoms with Crippen molar-refractivity contribution < 1.29 is 26.8 Å². The fourth-order valence-corrected chi connectivity index (χ4v) is 4.80. The number of sulfonamides is 1. The number of nitrogens with two attached hydrogens (primary N) is 1. The average molecular weight is 464 g/mol. The Morgan fingerprint density at radius 1 is 1.09 bits per heavy atom. The Morgan fingerprint density at radius 2 is 1.81 bits per heavy atom. The molecule has 0 bridgehead atoms. The predicted octanol–water partition coefficient (Wildman–Crippen LogP) is 1.97. The van der Waals surface area contributed by atoms with E-state index in [1.54, 1.807) is 12.1 Å². The molecule has 4 rings (SSSR count). The molecule has 7 nitrogen and oxygen atoms in total. The quantitative estimate of drug-likeness (QED) is 0.683. The molecule has 2 fully saturated rings. The van der Waals surface area contributed by atoms with E-state index in [-0.39, 0.29) is 36.4 Å². The van der Waals surface area contributed by atoms with E-state index in [9.17, 15) is 26.8 Å². The Kier molecular flexibility index (Phi) is 5.76. The van der Waals surface area contributed by atoms with Gasteiger partial charge in [-0.2, -0.15) is 0 Å². The number of likely N-dealkylation sites (tertiary alicyclic amines) is 1. The first-order valence-corrected chi connectivity index (χ1v) is 11.8. The number of benzene rings is 2. The van der Waals surface area contributed by atoms with Gasteiger partial charge in [-0.1, -0.05) is 18.6 Å². The van der Waals surface area contributed by atoms with Crippen LogP contribution in [0.5, 0.6) is 0 Å². The number of hydrogen-bond acceptors (Lipinski definition) is 4. The Bertz CT molecular complexity index is 1180. The Hall–Kier alpha value is -2.85. The van der Waals surface area contributed by atoms with E-state index in [1.807, 2.05) is 0 Å². The van der Waals surface area contributed by atoms with Crippen LogP contribution in [0.25, 0.3) is 0 Å². The van der Waals surface area contributed by atoms with Gasteiger partial charge in [0.1, 0.15) is 11.6 Å². The molecule has 170 valence electrons. The summed E-state index contributed by atoms with van der Waals surface area (Å²) < 4.78 is 50.2. The lowest BCUT2D eigenvalue weighted by Crippen LogP contribution is -2.63. The second kappa shape index (κ2) is 8.25. The summed E-state index contributed by atoms with van der Waals surface area (Å²) in [4.78, 5) is 26.5. The average Bonchev–Trinajstić information content (AvgIpc) is 2.65. The highest BCUT2D eigenvalue weighted by Crippen LogP contribution is 2.44. The van der Waals surface area contributed by atoms with E-state index >= 15 is 0 Å². The van der Waals surface area contributed by atoms with Crippen molar-refractivity contribution in [3.63, 3.8) is 0 Å². The van der Waals surface area contributed by atoms with Crippen molar-refractivity contribution in [3.8, 4) is 0 Å². The molecule has 2 aliphatic rings. The number of hydrogen-bond donors (Lipinski definition) is 2. The predicted molar refractivity (Wildman–Crippen MR) is 112 cm³/mol. The molecule has 2 aromatic carbocycles. The summed E-state index contributed by atoms with van der Waals surface area (Å²) in [5, 5.41) is 7.99. The van der Waals surface area contributed by atoms with Gasteiger partial charge in [0.25, 0.3) is 5.91 Å². The fourth-order valence-electron chi connectivity index (χ4n) is 4.23. The van der Waals surface area contributed by atoms with Crippen LogP contribution in [-0.4, -0.2) is 44.3 Å². The van der Waals surface area contributed by atoms with Crippen molar-refractivity contribution in [2.24, 2.45) is 10.6 Å². The number of halogens is 2. The van der Waals surface area contributed by atoms with Crippen LogP contribution < -0.4 is 10.5 Å². The molecule has 3 N–H and O–H groups in total. The minimum absolute atomic E-state index is 0.118. The molecule has 1 saturated heterocycles. The van der Waals surface area contributed by atoms with Crippen LogP contribution in [0, 0.1) is 17.0 Å². The summed E-state index contributed by atoms with van der Waals surface area (Å²) in [5.41, 5.74) is 0.0629. The molecule has 0 unspecified atom stereocenters. The molecule has 0 aromatic heterocycles. The summed E-state index contributed by atoms with van der Waals surface area (Å²) in [6.45, 7) is 0.448. The maximum absolute atomic E-state index is 13.8. The topological polar surface area (TPSA) is 110 Å². The second-order valence-electron chi connectivity index (χ2n) is 8.54. The largest absolute Gasteiger partial charge is 0.349 e. The molecule has 0 atom stereocenters. The molecule has 10 heteroatoms. The molecule has 2 amide bonds. The fraction of sp³-hybridized carbons (Fsp3) is 0.364. The molecule has 1 saturated carbocycles. The molecule has 0 spiro atoms. The molecule has 1 aliphatic carbocycles. The van der Waals surface area contributed by atoms with E-state index in [0.717, 1.165) is 30.2 Å². The van der Waals surface area contributed by atoms with Gasteiger partial charge in [-0.25, -0.2) is 22.3 Å². The van der Waals surface area contributed by atoms with Crippen LogP contribution >= 0.6 is 0 Å². The molecule has 32 heavy (non-hydrogen) atoms. The van der Waals surface area contributed by atoms with Gasteiger partial charge in [0, 0.05) is 18.7 Å². The van der Waals surface area contributed by atoms with Gasteiger partial charge in [0.15, 0.2) is 0 Å². The van der Waals surface area contributed by atoms with Gasteiger partial charge in [-0.05, 0) is 55.2 Å². The van der Waals surface area contributed by atoms with Crippen molar-refractivity contribution in [1.29, 1.82) is 0 Å². The first-order valence-electron chi connectivity index (χ1n) is 10.2. The SMILES string of the molecule is NS(=O)(=O)c1cc(F)cc(C(=O)N2CC(NC(=O)C3(Cc4cccc(F)c4)CCC3)C2)c1. The number of nitrogens with zero attached hydrogens (tertiary/aromatic N) is 1. The van der Waals surface area contributed by atoms with E-state index in [4.69, 9.17) is 5.14 Å². The van der Waals surface area contributed by atoms with Crippen molar-refractivity contribution in [2.45, 2.75) is 36.6 Å². The number of nitrogens with one attached hydrogen (secondary N) is 1. The van der Waals surface area contributed by atoms with Gasteiger partial charge in [0.2, 0.25) is 15.9 Å². The smallest absolute Gasteiger partial charge is 0.254 e. The van der Waals surface area contributed by atoms with Gasteiger partial charge in [-0.3, -0.25) is 9.59 Å². The zero-order valence-corrected chi connectivity index (χ0v) is 18.0. The lowest BCUT2D eigenvalue weighted by Gasteiger charge is -2.45. The zero-order chi connectivity index (χ0) is 23.1. The summed E-state index contributed by atoms with van der Waals surface area (Å²) in [5.74, 6) is -1.88. The highest BCUT2D eigenvalue weighted by atomic mass is 32.2. The van der Waals surface area contributed by atoms with Gasteiger partial charge in [0.05, 0.1) is 16.4 Å². The van der Waals surface area contributed by atoms with E-state index in [0.29, 0.717) is 19.3 Å².